The first-order chi connectivity index (χ1) is 27.2. The van der Waals surface area contributed by atoms with Crippen LogP contribution in [0.1, 0.15) is 33.6 Å². The Labute approximate surface area is 318 Å². The minimum Gasteiger partial charge on any atom is -0.496 e. The number of nitrogens with zero attached hydrogens (tertiary/aromatic N) is 3. The number of carbonyl (C=O) groups is 3. The molecule has 8 aromatic rings. The van der Waals surface area contributed by atoms with E-state index in [2.05, 4.69) is 20.3 Å². The van der Waals surface area contributed by atoms with Gasteiger partial charge in [-0.05, 0) is 85.6 Å². The molecule has 1 fully saturated rings. The van der Waals surface area contributed by atoms with Crippen LogP contribution in [0.25, 0.3) is 43.6 Å². The maximum absolute atomic E-state index is 12.4. The summed E-state index contributed by atoms with van der Waals surface area (Å²) >= 11 is 0. The number of hydrogen-bond acceptors (Lipinski definition) is 9. The third-order valence-electron chi connectivity index (χ3n) is 9.34. The van der Waals surface area contributed by atoms with Gasteiger partial charge in [-0.25, -0.2) is 4.79 Å². The highest BCUT2D eigenvalue weighted by molar-refractivity contribution is 6.02. The first-order valence-corrected chi connectivity index (χ1v) is 17.6. The Morgan fingerprint density at radius 2 is 1.27 bits per heavy atom. The van der Waals surface area contributed by atoms with Gasteiger partial charge in [0.15, 0.2) is 0 Å². The number of amides is 3. The van der Waals surface area contributed by atoms with Crippen LogP contribution in [0.4, 0.5) is 4.79 Å². The number of aromatic nitrogens is 4. The van der Waals surface area contributed by atoms with E-state index < -0.39 is 11.8 Å². The second kappa shape index (κ2) is 14.7. The first kappa shape index (κ1) is 35.4. The Morgan fingerprint density at radius 1 is 0.696 bits per heavy atom. The van der Waals surface area contributed by atoms with Gasteiger partial charge in [0.25, 0.3) is 11.8 Å². The van der Waals surface area contributed by atoms with E-state index in [-0.39, 0.29) is 23.2 Å². The molecule has 0 spiro atoms. The first-order valence-electron chi connectivity index (χ1n) is 17.6. The summed E-state index contributed by atoms with van der Waals surface area (Å²) in [5.41, 5.74) is 14.6. The Bertz CT molecular complexity index is 2820. The number of primary amides is 2. The summed E-state index contributed by atoms with van der Waals surface area (Å²) in [6.45, 7) is 0. The number of ether oxygens (including phenoxy) is 4. The fourth-order valence-electron chi connectivity index (χ4n) is 6.38. The molecular formula is C42H35N7O7. The van der Waals surface area contributed by atoms with Gasteiger partial charge in [0, 0.05) is 70.0 Å². The van der Waals surface area contributed by atoms with Gasteiger partial charge < -0.3 is 40.7 Å². The summed E-state index contributed by atoms with van der Waals surface area (Å²) in [6.07, 6.45) is 8.97. The lowest BCUT2D eigenvalue weighted by Crippen LogP contribution is -2.29. The number of aromatic amines is 1. The zero-order valence-electron chi connectivity index (χ0n) is 30.2. The molecule has 56 heavy (non-hydrogen) atoms. The molecule has 14 nitrogen and oxygen atoms in total. The normalized spacial score (nSPS) is 12.2. The van der Waals surface area contributed by atoms with Crippen molar-refractivity contribution in [2.24, 2.45) is 11.5 Å². The van der Waals surface area contributed by atoms with Crippen LogP contribution in [-0.4, -0.2) is 57.6 Å². The molecule has 3 amide bonds. The van der Waals surface area contributed by atoms with Crippen molar-refractivity contribution < 1.29 is 33.3 Å². The lowest BCUT2D eigenvalue weighted by molar-refractivity contribution is 0.0989. The highest BCUT2D eigenvalue weighted by atomic mass is 16.5. The van der Waals surface area contributed by atoms with Gasteiger partial charge in [-0.2, -0.15) is 0 Å². The van der Waals surface area contributed by atoms with Crippen LogP contribution in [0.3, 0.4) is 0 Å². The largest absolute Gasteiger partial charge is 0.496 e. The minimum absolute atomic E-state index is 0.126. The van der Waals surface area contributed by atoms with E-state index >= 15 is 0 Å². The number of H-pyrrole nitrogens is 1. The molecule has 4 heterocycles. The van der Waals surface area contributed by atoms with Gasteiger partial charge in [-0.3, -0.25) is 24.1 Å². The van der Waals surface area contributed by atoms with Gasteiger partial charge in [0.1, 0.15) is 34.5 Å². The van der Waals surface area contributed by atoms with E-state index in [4.69, 9.17) is 30.4 Å². The molecule has 1 aliphatic rings. The molecule has 1 aliphatic carbocycles. The zero-order chi connectivity index (χ0) is 38.9. The van der Waals surface area contributed by atoms with Gasteiger partial charge in [0.05, 0.1) is 41.9 Å². The van der Waals surface area contributed by atoms with Crippen LogP contribution in [0.2, 0.25) is 0 Å². The number of carbonyl (C=O) groups excluding carboxylic acids is 3. The van der Waals surface area contributed by atoms with Crippen LogP contribution < -0.4 is 35.7 Å². The number of nitrogens with two attached hydrogens (primary N) is 2. The quantitative estimate of drug-likeness (QED) is 0.116. The van der Waals surface area contributed by atoms with Crippen LogP contribution >= 0.6 is 0 Å². The van der Waals surface area contributed by atoms with Gasteiger partial charge in [0.2, 0.25) is 0 Å². The molecule has 14 heteroatoms. The molecule has 0 aliphatic heterocycles. The van der Waals surface area contributed by atoms with E-state index in [1.54, 1.807) is 65.6 Å². The third-order valence-corrected chi connectivity index (χ3v) is 9.34. The lowest BCUT2D eigenvalue weighted by atomic mass is 10.1. The maximum Gasteiger partial charge on any atom is 0.326 e. The molecular weight excluding hydrogens is 715 g/mol. The molecule has 280 valence electrons. The molecule has 4 aromatic heterocycles. The van der Waals surface area contributed by atoms with E-state index in [1.807, 2.05) is 48.7 Å². The number of rotatable bonds is 9. The highest BCUT2D eigenvalue weighted by Crippen LogP contribution is 2.36. The summed E-state index contributed by atoms with van der Waals surface area (Å²) in [6, 6.07) is 25.4. The standard InChI is InChI=1S/C23H20N4O4.C19H15N3O3/c1-30-21-12-18-16(11-17(21)22(24)28)20(6-8-25-18)31-15-4-5-19-13(10-15)7-9-27(19)23(29)26-14-2-3-14;1-24-18-10-16-13(9-14(18)19(20)23)17(5-7-22-16)25-12-2-3-15-11(8-12)4-6-21-15/h4-12,14H,2-3H2,1H3,(H2,24,28)(H,26,29);2-10,21H,1H3,(H2,20,23). The number of nitrogens with one attached hydrogen (secondary N) is 2. The average Bonchev–Trinajstić information content (AvgIpc) is 3.71. The monoisotopic (exact) mass is 749 g/mol. The van der Waals surface area contributed by atoms with Crippen LogP contribution in [0, 0.1) is 0 Å². The molecule has 0 saturated heterocycles. The molecule has 0 radical (unpaired) electrons. The van der Waals surface area contributed by atoms with Crippen molar-refractivity contribution in [2.45, 2.75) is 18.9 Å². The van der Waals surface area contributed by atoms with Crippen molar-refractivity contribution in [1.82, 2.24) is 24.8 Å². The number of fused-ring (bicyclic) bond motifs is 4. The summed E-state index contributed by atoms with van der Waals surface area (Å²) in [5.74, 6) is 1.98. The summed E-state index contributed by atoms with van der Waals surface area (Å²) < 4.78 is 24.2. The van der Waals surface area contributed by atoms with Crippen molar-refractivity contribution in [3.8, 4) is 34.5 Å². The van der Waals surface area contributed by atoms with Crippen molar-refractivity contribution in [2.75, 3.05) is 14.2 Å². The Hall–Kier alpha value is -7.61. The highest BCUT2D eigenvalue weighted by Gasteiger charge is 2.24. The second-order valence-corrected chi connectivity index (χ2v) is 13.0. The Kier molecular flexibility index (Phi) is 9.28. The van der Waals surface area contributed by atoms with Crippen molar-refractivity contribution in [3.63, 3.8) is 0 Å². The zero-order valence-corrected chi connectivity index (χ0v) is 30.2. The van der Waals surface area contributed by atoms with E-state index in [9.17, 15) is 14.4 Å². The summed E-state index contributed by atoms with van der Waals surface area (Å²) in [5, 5.41) is 6.24. The molecule has 0 bridgehead atoms. The maximum atomic E-state index is 12.4. The van der Waals surface area contributed by atoms with Crippen LogP contribution in [0.5, 0.6) is 34.5 Å². The average molecular weight is 750 g/mol. The van der Waals surface area contributed by atoms with Gasteiger partial charge >= 0.3 is 6.03 Å². The van der Waals surface area contributed by atoms with Crippen molar-refractivity contribution in [3.05, 3.63) is 121 Å². The smallest absolute Gasteiger partial charge is 0.326 e. The Morgan fingerprint density at radius 3 is 1.82 bits per heavy atom. The fourth-order valence-corrected chi connectivity index (χ4v) is 6.38. The predicted octanol–water partition coefficient (Wildman–Crippen LogP) is 7.43. The minimum atomic E-state index is -0.596. The van der Waals surface area contributed by atoms with Crippen molar-refractivity contribution in [1.29, 1.82) is 0 Å². The summed E-state index contributed by atoms with van der Waals surface area (Å²) in [4.78, 5) is 47.7. The second-order valence-electron chi connectivity index (χ2n) is 13.0. The van der Waals surface area contributed by atoms with Gasteiger partial charge in [-0.15, -0.1) is 0 Å². The lowest BCUT2D eigenvalue weighted by Gasteiger charge is -2.12. The summed E-state index contributed by atoms with van der Waals surface area (Å²) in [7, 11) is 2.96. The number of methoxy groups -OCH3 is 2. The number of hydrogen-bond donors (Lipinski definition) is 4. The molecule has 6 N–H and O–H groups in total. The molecule has 0 unspecified atom stereocenters. The fraction of sp³-hybridized carbons (Fsp3) is 0.119. The number of pyridine rings is 2. The molecule has 9 rings (SSSR count). The van der Waals surface area contributed by atoms with E-state index in [0.717, 1.165) is 34.6 Å². The topological polar surface area (TPSA) is 199 Å². The molecule has 4 aromatic carbocycles. The number of benzene rings is 4. The molecule has 0 atom stereocenters. The van der Waals surface area contributed by atoms with Crippen molar-refractivity contribution >= 4 is 61.5 Å². The van der Waals surface area contributed by atoms with Gasteiger partial charge in [-0.1, -0.05) is 0 Å². The van der Waals surface area contributed by atoms with Crippen LogP contribution in [0.15, 0.2) is 110 Å². The van der Waals surface area contributed by atoms with E-state index in [0.29, 0.717) is 56.3 Å². The third kappa shape index (κ3) is 7.06. The Balaban J connectivity index is 0.000000161. The predicted molar refractivity (Wildman–Crippen MR) is 211 cm³/mol. The molecule has 1 saturated carbocycles. The SMILES string of the molecule is COc1cc2nccc(Oc3ccc4[nH]ccc4c3)c2cc1C(N)=O.COc1cc2nccc(Oc3ccc4c(ccn4C(=O)NC4CC4)c3)c2cc1C(N)=O. The van der Waals surface area contributed by atoms with E-state index in [1.165, 1.54) is 14.2 Å². The van der Waals surface area contributed by atoms with Crippen LogP contribution in [-0.2, 0) is 0 Å².